The van der Waals surface area contributed by atoms with Gasteiger partial charge in [0.2, 0.25) is 11.0 Å². The first-order valence-corrected chi connectivity index (χ1v) is 10.3. The van der Waals surface area contributed by atoms with E-state index in [9.17, 15) is 9.18 Å². The van der Waals surface area contributed by atoms with Gasteiger partial charge in [-0.15, -0.1) is 20.4 Å². The average Bonchev–Trinajstić information content (AvgIpc) is 3.26. The molecule has 0 aliphatic rings. The number of nitrogens with zero attached hydrogens (tertiary/aromatic N) is 5. The Morgan fingerprint density at radius 2 is 2.11 bits per heavy atom. The maximum atomic E-state index is 13.5. The zero-order valence-electron chi connectivity index (χ0n) is 15.0. The number of amides is 1. The number of halogens is 1. The minimum atomic E-state index is -0.328. The SMILES string of the molecule is CCCc1nnc(NC(=O)CSc2nnc(-c3cccc(F)c3)n2CC)s1. The number of hydrogen-bond acceptors (Lipinski definition) is 7. The van der Waals surface area contributed by atoms with Gasteiger partial charge < -0.3 is 4.57 Å². The molecule has 0 unspecified atom stereocenters. The Morgan fingerprint density at radius 1 is 1.26 bits per heavy atom. The first-order valence-electron chi connectivity index (χ1n) is 8.54. The van der Waals surface area contributed by atoms with Gasteiger partial charge in [0.05, 0.1) is 5.75 Å². The van der Waals surface area contributed by atoms with Crippen LogP contribution < -0.4 is 5.32 Å². The number of rotatable bonds is 8. The maximum absolute atomic E-state index is 13.5. The van der Waals surface area contributed by atoms with Crippen molar-refractivity contribution < 1.29 is 9.18 Å². The number of carbonyl (C=O) groups excluding carboxylic acids is 1. The summed E-state index contributed by atoms with van der Waals surface area (Å²) in [7, 11) is 0. The zero-order chi connectivity index (χ0) is 19.2. The normalized spacial score (nSPS) is 10.9. The molecule has 7 nitrogen and oxygen atoms in total. The van der Waals surface area contributed by atoms with Crippen molar-refractivity contribution in [2.75, 3.05) is 11.1 Å². The molecule has 3 aromatic rings. The Kier molecular flexibility index (Phi) is 6.51. The first kappa shape index (κ1) is 19.4. The van der Waals surface area contributed by atoms with Crippen LogP contribution in [0.4, 0.5) is 9.52 Å². The molecule has 1 N–H and O–H groups in total. The van der Waals surface area contributed by atoms with Crippen LogP contribution in [0.1, 0.15) is 25.3 Å². The van der Waals surface area contributed by atoms with Crippen LogP contribution in [0, 0.1) is 5.82 Å². The van der Waals surface area contributed by atoms with Crippen LogP contribution in [0.5, 0.6) is 0 Å². The molecule has 0 bridgehead atoms. The largest absolute Gasteiger partial charge is 0.302 e. The predicted molar refractivity (Wildman–Crippen MR) is 104 cm³/mol. The van der Waals surface area contributed by atoms with E-state index in [1.807, 2.05) is 11.5 Å². The summed E-state index contributed by atoms with van der Waals surface area (Å²) < 4.78 is 15.3. The third-order valence-electron chi connectivity index (χ3n) is 3.63. The molecule has 3 rings (SSSR count). The van der Waals surface area contributed by atoms with E-state index in [1.165, 1.54) is 35.2 Å². The van der Waals surface area contributed by atoms with Crippen molar-refractivity contribution >= 4 is 34.1 Å². The molecule has 0 aliphatic carbocycles. The molecule has 1 amide bonds. The van der Waals surface area contributed by atoms with Crippen LogP contribution in [-0.2, 0) is 17.8 Å². The van der Waals surface area contributed by atoms with Crippen LogP contribution >= 0.6 is 23.1 Å². The molecule has 0 saturated carbocycles. The molecule has 0 aliphatic heterocycles. The van der Waals surface area contributed by atoms with Crippen LogP contribution in [-0.4, -0.2) is 36.6 Å². The Labute approximate surface area is 164 Å². The molecule has 2 aromatic heterocycles. The second kappa shape index (κ2) is 9.05. The highest BCUT2D eigenvalue weighted by molar-refractivity contribution is 7.99. The third-order valence-corrected chi connectivity index (χ3v) is 5.49. The second-order valence-electron chi connectivity index (χ2n) is 5.65. The van der Waals surface area contributed by atoms with E-state index in [0.717, 1.165) is 17.8 Å². The average molecular weight is 407 g/mol. The number of anilines is 1. The Morgan fingerprint density at radius 3 is 2.85 bits per heavy atom. The summed E-state index contributed by atoms with van der Waals surface area (Å²) in [6.07, 6.45) is 1.84. The van der Waals surface area contributed by atoms with Gasteiger partial charge in [0.1, 0.15) is 10.8 Å². The van der Waals surface area contributed by atoms with E-state index in [0.29, 0.717) is 28.2 Å². The predicted octanol–water partition coefficient (Wildman–Crippen LogP) is 3.64. The number of aryl methyl sites for hydroxylation is 1. The number of nitrogens with one attached hydrogen (secondary N) is 1. The summed E-state index contributed by atoms with van der Waals surface area (Å²) in [5, 5.41) is 21.1. The molecule has 0 atom stereocenters. The quantitative estimate of drug-likeness (QED) is 0.575. The van der Waals surface area contributed by atoms with Gasteiger partial charge in [-0.1, -0.05) is 42.2 Å². The van der Waals surface area contributed by atoms with Crippen LogP contribution in [0.3, 0.4) is 0 Å². The fraction of sp³-hybridized carbons (Fsp3) is 0.353. The molecule has 27 heavy (non-hydrogen) atoms. The lowest BCUT2D eigenvalue weighted by atomic mass is 10.2. The maximum Gasteiger partial charge on any atom is 0.236 e. The number of benzene rings is 1. The standard InChI is InChI=1S/C17H19FN6OS2/c1-3-6-14-20-22-16(27-14)19-13(25)10-26-17-23-21-15(24(17)4-2)11-7-5-8-12(18)9-11/h5,7-9H,3-4,6,10H2,1-2H3,(H,19,22,25). The monoisotopic (exact) mass is 406 g/mol. The van der Waals surface area contributed by atoms with Crippen LogP contribution in [0.2, 0.25) is 0 Å². The van der Waals surface area contributed by atoms with Gasteiger partial charge in [-0.2, -0.15) is 0 Å². The van der Waals surface area contributed by atoms with Crippen LogP contribution in [0.25, 0.3) is 11.4 Å². The molecule has 0 spiro atoms. The van der Waals surface area contributed by atoms with Gasteiger partial charge in [-0.25, -0.2) is 4.39 Å². The number of aromatic nitrogens is 5. The number of carbonyl (C=O) groups is 1. The smallest absolute Gasteiger partial charge is 0.236 e. The van der Waals surface area contributed by atoms with Crippen molar-refractivity contribution in [2.45, 2.75) is 38.4 Å². The third kappa shape index (κ3) is 4.89. The van der Waals surface area contributed by atoms with E-state index in [4.69, 9.17) is 0 Å². The van der Waals surface area contributed by atoms with E-state index in [-0.39, 0.29) is 17.5 Å². The van der Waals surface area contributed by atoms with Gasteiger partial charge in [-0.3, -0.25) is 10.1 Å². The van der Waals surface area contributed by atoms with E-state index < -0.39 is 0 Å². The number of hydrogen-bond donors (Lipinski definition) is 1. The fourth-order valence-electron chi connectivity index (χ4n) is 2.43. The first-order chi connectivity index (χ1) is 13.1. The minimum absolute atomic E-state index is 0.171. The van der Waals surface area contributed by atoms with Gasteiger partial charge in [0, 0.05) is 18.5 Å². The highest BCUT2D eigenvalue weighted by atomic mass is 32.2. The highest BCUT2D eigenvalue weighted by Gasteiger charge is 2.15. The summed E-state index contributed by atoms with van der Waals surface area (Å²) in [5.74, 6) is 0.237. The summed E-state index contributed by atoms with van der Waals surface area (Å²) in [6, 6.07) is 6.22. The lowest BCUT2D eigenvalue weighted by Crippen LogP contribution is -2.14. The van der Waals surface area contributed by atoms with Crippen molar-refractivity contribution in [2.24, 2.45) is 0 Å². The molecular weight excluding hydrogens is 387 g/mol. The van der Waals surface area contributed by atoms with Crippen molar-refractivity contribution in [1.82, 2.24) is 25.0 Å². The molecule has 0 radical (unpaired) electrons. The molecule has 10 heteroatoms. The van der Waals surface area contributed by atoms with E-state index >= 15 is 0 Å². The zero-order valence-corrected chi connectivity index (χ0v) is 16.6. The van der Waals surface area contributed by atoms with Gasteiger partial charge >= 0.3 is 0 Å². The summed E-state index contributed by atoms with van der Waals surface area (Å²) >= 11 is 2.66. The van der Waals surface area contributed by atoms with Gasteiger partial charge in [0.15, 0.2) is 11.0 Å². The van der Waals surface area contributed by atoms with E-state index in [1.54, 1.807) is 12.1 Å². The van der Waals surface area contributed by atoms with Crippen molar-refractivity contribution in [3.63, 3.8) is 0 Å². The molecule has 0 fully saturated rings. The van der Waals surface area contributed by atoms with E-state index in [2.05, 4.69) is 32.6 Å². The molecule has 1 aromatic carbocycles. The fourth-order valence-corrected chi connectivity index (χ4v) is 4.09. The lowest BCUT2D eigenvalue weighted by Gasteiger charge is -2.07. The summed E-state index contributed by atoms with van der Waals surface area (Å²) in [4.78, 5) is 12.2. The van der Waals surface area contributed by atoms with Gasteiger partial charge in [0.25, 0.3) is 0 Å². The summed E-state index contributed by atoms with van der Waals surface area (Å²) in [6.45, 7) is 4.63. The Hall–Kier alpha value is -2.33. The number of thioether (sulfide) groups is 1. The Balaban J connectivity index is 1.64. The second-order valence-corrected chi connectivity index (χ2v) is 7.65. The van der Waals surface area contributed by atoms with Crippen molar-refractivity contribution in [3.05, 3.63) is 35.1 Å². The molecule has 142 valence electrons. The minimum Gasteiger partial charge on any atom is -0.302 e. The molecule has 0 saturated heterocycles. The highest BCUT2D eigenvalue weighted by Crippen LogP contribution is 2.25. The summed E-state index contributed by atoms with van der Waals surface area (Å²) in [5.41, 5.74) is 0.651. The topological polar surface area (TPSA) is 85.6 Å². The van der Waals surface area contributed by atoms with Crippen molar-refractivity contribution in [3.8, 4) is 11.4 Å². The van der Waals surface area contributed by atoms with Crippen LogP contribution in [0.15, 0.2) is 29.4 Å². The van der Waals surface area contributed by atoms with Crippen molar-refractivity contribution in [1.29, 1.82) is 0 Å². The molecular formula is C17H19FN6OS2. The Bertz CT molecular complexity index is 926. The molecule has 2 heterocycles. The van der Waals surface area contributed by atoms with Gasteiger partial charge in [-0.05, 0) is 25.5 Å². The lowest BCUT2D eigenvalue weighted by molar-refractivity contribution is -0.113.